The molecule has 0 radical (unpaired) electrons. The molecule has 1 amide bonds. The Morgan fingerprint density at radius 2 is 1.85 bits per heavy atom. The van der Waals surface area contributed by atoms with Crippen LogP contribution < -0.4 is 10.9 Å². The highest BCUT2D eigenvalue weighted by Crippen LogP contribution is 2.23. The zero-order valence-corrected chi connectivity index (χ0v) is 14.5. The van der Waals surface area contributed by atoms with Crippen LogP contribution in [-0.2, 0) is 6.42 Å². The number of anilines is 1. The number of para-hydroxylation sites is 1. The fourth-order valence-electron chi connectivity index (χ4n) is 2.80. The van der Waals surface area contributed by atoms with Gasteiger partial charge in [-0.15, -0.1) is 11.3 Å². The molecule has 0 aliphatic heterocycles. The van der Waals surface area contributed by atoms with E-state index in [1.54, 1.807) is 12.3 Å². The van der Waals surface area contributed by atoms with Crippen molar-refractivity contribution in [3.8, 4) is 0 Å². The number of pyridine rings is 1. The summed E-state index contributed by atoms with van der Waals surface area (Å²) >= 11 is 1.43. The van der Waals surface area contributed by atoms with Crippen molar-refractivity contribution in [2.45, 2.75) is 6.42 Å². The van der Waals surface area contributed by atoms with Crippen LogP contribution in [0.3, 0.4) is 0 Å². The number of nitrogens with zero attached hydrogens (tertiary/aromatic N) is 1. The molecule has 0 aliphatic rings. The summed E-state index contributed by atoms with van der Waals surface area (Å²) < 4.78 is 0. The fourth-order valence-corrected chi connectivity index (χ4v) is 3.64. The lowest BCUT2D eigenvalue weighted by Gasteiger charge is -2.05. The van der Waals surface area contributed by atoms with E-state index in [4.69, 9.17) is 0 Å². The van der Waals surface area contributed by atoms with E-state index in [1.165, 1.54) is 23.0 Å². The SMILES string of the molecule is O=C(Nc1ncc(Cc2ccccc2)s1)c1cc(=O)[nH]c2ccccc12. The molecule has 0 saturated heterocycles. The first-order chi connectivity index (χ1) is 12.7. The van der Waals surface area contributed by atoms with Crippen LogP contribution >= 0.6 is 11.3 Å². The van der Waals surface area contributed by atoms with Gasteiger partial charge < -0.3 is 4.98 Å². The van der Waals surface area contributed by atoms with Gasteiger partial charge in [-0.25, -0.2) is 4.98 Å². The van der Waals surface area contributed by atoms with Gasteiger partial charge in [-0.2, -0.15) is 0 Å². The molecule has 2 N–H and O–H groups in total. The summed E-state index contributed by atoms with van der Waals surface area (Å²) in [5.41, 5.74) is 1.85. The van der Waals surface area contributed by atoms with Gasteiger partial charge >= 0.3 is 0 Å². The molecule has 2 heterocycles. The van der Waals surface area contributed by atoms with Gasteiger partial charge in [0.25, 0.3) is 5.91 Å². The number of aromatic amines is 1. The number of hydrogen-bond acceptors (Lipinski definition) is 4. The van der Waals surface area contributed by atoms with E-state index in [0.717, 1.165) is 11.3 Å². The molecule has 26 heavy (non-hydrogen) atoms. The number of nitrogens with one attached hydrogen (secondary N) is 2. The van der Waals surface area contributed by atoms with Crippen LogP contribution in [0.2, 0.25) is 0 Å². The van der Waals surface area contributed by atoms with Crippen molar-refractivity contribution >= 4 is 33.3 Å². The molecule has 6 heteroatoms. The smallest absolute Gasteiger partial charge is 0.258 e. The molecule has 128 valence electrons. The normalized spacial score (nSPS) is 10.8. The molecule has 4 rings (SSSR count). The number of thiazole rings is 1. The number of fused-ring (bicyclic) bond motifs is 1. The fraction of sp³-hybridized carbons (Fsp3) is 0.0500. The summed E-state index contributed by atoms with van der Waals surface area (Å²) in [5, 5.41) is 4.02. The maximum Gasteiger partial charge on any atom is 0.258 e. The maximum absolute atomic E-state index is 12.7. The number of carbonyl (C=O) groups excluding carboxylic acids is 1. The number of aromatic nitrogens is 2. The molecule has 0 fully saturated rings. The van der Waals surface area contributed by atoms with Gasteiger partial charge in [0.1, 0.15) is 0 Å². The van der Waals surface area contributed by atoms with Crippen molar-refractivity contribution in [3.05, 3.63) is 93.2 Å². The lowest BCUT2D eigenvalue weighted by Crippen LogP contribution is -2.16. The van der Waals surface area contributed by atoms with E-state index < -0.39 is 0 Å². The van der Waals surface area contributed by atoms with E-state index in [9.17, 15) is 9.59 Å². The highest BCUT2D eigenvalue weighted by molar-refractivity contribution is 7.15. The molecule has 2 aromatic carbocycles. The van der Waals surface area contributed by atoms with E-state index in [0.29, 0.717) is 21.6 Å². The standard InChI is InChI=1S/C20H15N3O2S/c24-18-11-16(15-8-4-5-9-17(15)22-18)19(25)23-20-21-12-14(26-20)10-13-6-2-1-3-7-13/h1-9,11-12H,10H2,(H,22,24)(H,21,23,25). The molecule has 0 atom stereocenters. The average Bonchev–Trinajstić information content (AvgIpc) is 3.08. The number of rotatable bonds is 4. The van der Waals surface area contributed by atoms with Crippen molar-refractivity contribution in [2.24, 2.45) is 0 Å². The van der Waals surface area contributed by atoms with Gasteiger partial charge in [0.15, 0.2) is 5.13 Å². The molecule has 0 spiro atoms. The minimum absolute atomic E-state index is 0.308. The monoisotopic (exact) mass is 361 g/mol. The molecule has 0 aliphatic carbocycles. The summed E-state index contributed by atoms with van der Waals surface area (Å²) in [5.74, 6) is -0.340. The first-order valence-corrected chi connectivity index (χ1v) is 8.93. The van der Waals surface area contributed by atoms with Gasteiger partial charge in [-0.05, 0) is 11.6 Å². The number of carbonyl (C=O) groups is 1. The minimum Gasteiger partial charge on any atom is -0.322 e. The Morgan fingerprint density at radius 3 is 2.69 bits per heavy atom. The highest BCUT2D eigenvalue weighted by Gasteiger charge is 2.13. The molecule has 0 unspecified atom stereocenters. The topological polar surface area (TPSA) is 74.8 Å². The Morgan fingerprint density at radius 1 is 1.08 bits per heavy atom. The van der Waals surface area contributed by atoms with E-state index in [1.807, 2.05) is 36.4 Å². The zero-order valence-electron chi connectivity index (χ0n) is 13.7. The molecule has 0 saturated carbocycles. The molecule has 0 bridgehead atoms. The van der Waals surface area contributed by atoms with Gasteiger partial charge in [0.2, 0.25) is 5.56 Å². The van der Waals surface area contributed by atoms with Gasteiger partial charge in [-0.3, -0.25) is 14.9 Å². The van der Waals surface area contributed by atoms with Crippen molar-refractivity contribution in [1.82, 2.24) is 9.97 Å². The average molecular weight is 361 g/mol. The van der Waals surface area contributed by atoms with Crippen LogP contribution in [0.25, 0.3) is 10.9 Å². The summed E-state index contributed by atoms with van der Waals surface area (Å²) in [4.78, 5) is 32.5. The first-order valence-electron chi connectivity index (χ1n) is 8.11. The van der Waals surface area contributed by atoms with Crippen LogP contribution in [-0.4, -0.2) is 15.9 Å². The van der Waals surface area contributed by atoms with E-state index >= 15 is 0 Å². The third-order valence-corrected chi connectivity index (χ3v) is 4.90. The van der Waals surface area contributed by atoms with Crippen molar-refractivity contribution < 1.29 is 4.79 Å². The predicted molar refractivity (Wildman–Crippen MR) is 104 cm³/mol. The second-order valence-electron chi connectivity index (χ2n) is 5.84. The summed E-state index contributed by atoms with van der Waals surface area (Å²) in [6, 6.07) is 18.6. The van der Waals surface area contributed by atoms with Crippen LogP contribution in [0.4, 0.5) is 5.13 Å². The summed E-state index contributed by atoms with van der Waals surface area (Å²) in [6.07, 6.45) is 2.53. The number of amides is 1. The minimum atomic E-state index is -0.340. The largest absolute Gasteiger partial charge is 0.322 e. The third kappa shape index (κ3) is 3.41. The van der Waals surface area contributed by atoms with Gasteiger partial charge in [-0.1, -0.05) is 48.5 Å². The summed E-state index contributed by atoms with van der Waals surface area (Å²) in [6.45, 7) is 0. The quantitative estimate of drug-likeness (QED) is 0.580. The Hall–Kier alpha value is -3.25. The highest BCUT2D eigenvalue weighted by atomic mass is 32.1. The molecular formula is C20H15N3O2S. The van der Waals surface area contributed by atoms with E-state index in [2.05, 4.69) is 27.4 Å². The lowest BCUT2D eigenvalue weighted by molar-refractivity contribution is 0.102. The second kappa shape index (κ2) is 6.93. The van der Waals surface area contributed by atoms with Crippen LogP contribution in [0.5, 0.6) is 0 Å². The van der Waals surface area contributed by atoms with Crippen molar-refractivity contribution in [3.63, 3.8) is 0 Å². The van der Waals surface area contributed by atoms with Gasteiger partial charge in [0, 0.05) is 34.5 Å². The maximum atomic E-state index is 12.7. The Labute approximate surface area is 153 Å². The molecule has 2 aromatic heterocycles. The zero-order chi connectivity index (χ0) is 17.9. The summed E-state index contributed by atoms with van der Waals surface area (Å²) in [7, 11) is 0. The second-order valence-corrected chi connectivity index (χ2v) is 6.96. The molecule has 4 aromatic rings. The Bertz CT molecular complexity index is 1130. The third-order valence-electron chi connectivity index (χ3n) is 3.99. The Balaban J connectivity index is 1.57. The Kier molecular flexibility index (Phi) is 4.33. The first kappa shape index (κ1) is 16.2. The number of hydrogen-bond donors (Lipinski definition) is 2. The number of H-pyrrole nitrogens is 1. The van der Waals surface area contributed by atoms with Gasteiger partial charge in [0.05, 0.1) is 5.56 Å². The van der Waals surface area contributed by atoms with Crippen molar-refractivity contribution in [1.29, 1.82) is 0 Å². The van der Waals surface area contributed by atoms with Crippen LogP contribution in [0.15, 0.2) is 71.7 Å². The molecule has 5 nitrogen and oxygen atoms in total. The van der Waals surface area contributed by atoms with Crippen LogP contribution in [0.1, 0.15) is 20.8 Å². The predicted octanol–water partition coefficient (Wildman–Crippen LogP) is 3.83. The van der Waals surface area contributed by atoms with Crippen LogP contribution in [0, 0.1) is 0 Å². The van der Waals surface area contributed by atoms with E-state index in [-0.39, 0.29) is 11.5 Å². The number of benzene rings is 2. The molecular weight excluding hydrogens is 346 g/mol. The van der Waals surface area contributed by atoms with Crippen molar-refractivity contribution in [2.75, 3.05) is 5.32 Å². The lowest BCUT2D eigenvalue weighted by atomic mass is 10.1.